The van der Waals surface area contributed by atoms with Gasteiger partial charge in [0, 0.05) is 30.5 Å². The number of amides is 2. The summed E-state index contributed by atoms with van der Waals surface area (Å²) in [4.78, 5) is 30.4. The Morgan fingerprint density at radius 3 is 2.80 bits per heavy atom. The fourth-order valence-electron chi connectivity index (χ4n) is 4.23. The summed E-state index contributed by atoms with van der Waals surface area (Å²) < 4.78 is 40.1. The van der Waals surface area contributed by atoms with Gasteiger partial charge >= 0.3 is 0 Å². The van der Waals surface area contributed by atoms with Crippen molar-refractivity contribution in [2.24, 2.45) is 0 Å². The quantitative estimate of drug-likeness (QED) is 0.516. The van der Waals surface area contributed by atoms with E-state index in [1.165, 1.54) is 17.4 Å². The molecular formula is C25H23F2N3O4S. The van der Waals surface area contributed by atoms with Crippen LogP contribution in [-0.2, 0) is 20.9 Å². The number of carbonyl (C=O) groups is 2. The van der Waals surface area contributed by atoms with Crippen LogP contribution < -0.4 is 15.0 Å². The molecule has 0 saturated carbocycles. The minimum Gasteiger partial charge on any atom is -0.485 e. The van der Waals surface area contributed by atoms with Crippen LogP contribution in [0, 0.1) is 11.6 Å². The SMILES string of the molecule is O=C1CCC(c2cccc(COc3c(-c4csc(N5CCOCC5)n4)ccc(F)c3F)c2)C(=O)N1. The van der Waals surface area contributed by atoms with Gasteiger partial charge in [-0.2, -0.15) is 4.39 Å². The van der Waals surface area contributed by atoms with Crippen molar-refractivity contribution in [2.45, 2.75) is 25.4 Å². The first-order chi connectivity index (χ1) is 17.0. The van der Waals surface area contributed by atoms with E-state index in [1.54, 1.807) is 29.6 Å². The second-order valence-electron chi connectivity index (χ2n) is 8.39. The van der Waals surface area contributed by atoms with Gasteiger partial charge in [0.2, 0.25) is 17.6 Å². The highest BCUT2D eigenvalue weighted by Crippen LogP contribution is 2.37. The number of benzene rings is 2. The molecule has 35 heavy (non-hydrogen) atoms. The van der Waals surface area contributed by atoms with Crippen molar-refractivity contribution in [3.05, 3.63) is 64.5 Å². The normalized spacial score (nSPS) is 18.5. The maximum atomic E-state index is 14.8. The first-order valence-corrected chi connectivity index (χ1v) is 12.2. The molecule has 2 fully saturated rings. The molecule has 1 aromatic heterocycles. The second kappa shape index (κ2) is 10.1. The minimum atomic E-state index is -1.08. The summed E-state index contributed by atoms with van der Waals surface area (Å²) in [5.41, 5.74) is 2.29. The smallest absolute Gasteiger partial charge is 0.234 e. The van der Waals surface area contributed by atoms with Gasteiger partial charge in [-0.05, 0) is 29.7 Å². The summed E-state index contributed by atoms with van der Waals surface area (Å²) in [5.74, 6) is -3.36. The molecule has 0 spiro atoms. The predicted molar refractivity (Wildman–Crippen MR) is 126 cm³/mol. The van der Waals surface area contributed by atoms with Crippen LogP contribution in [0.1, 0.15) is 29.9 Å². The molecule has 3 aromatic rings. The van der Waals surface area contributed by atoms with Gasteiger partial charge in [0.1, 0.15) is 6.61 Å². The Hall–Kier alpha value is -3.37. The largest absolute Gasteiger partial charge is 0.485 e. The lowest BCUT2D eigenvalue weighted by Crippen LogP contribution is -2.39. The fraction of sp³-hybridized carbons (Fsp3) is 0.320. The lowest BCUT2D eigenvalue weighted by Gasteiger charge is -2.26. The zero-order valence-electron chi connectivity index (χ0n) is 18.8. The Bertz CT molecular complexity index is 1260. The molecule has 5 rings (SSSR count). The number of anilines is 1. The van der Waals surface area contributed by atoms with E-state index >= 15 is 0 Å². The molecule has 10 heteroatoms. The van der Waals surface area contributed by atoms with Gasteiger partial charge in [-0.1, -0.05) is 24.3 Å². The van der Waals surface area contributed by atoms with Crippen LogP contribution in [0.25, 0.3) is 11.3 Å². The molecule has 0 bridgehead atoms. The number of aromatic nitrogens is 1. The van der Waals surface area contributed by atoms with Crippen molar-refractivity contribution in [1.82, 2.24) is 10.3 Å². The molecule has 1 N–H and O–H groups in total. The molecule has 1 unspecified atom stereocenters. The number of thiazole rings is 1. The fourth-order valence-corrected chi connectivity index (χ4v) is 5.11. The van der Waals surface area contributed by atoms with Crippen LogP contribution in [0.5, 0.6) is 5.75 Å². The number of hydrogen-bond acceptors (Lipinski definition) is 7. The molecule has 1 atom stereocenters. The molecule has 2 aliphatic heterocycles. The van der Waals surface area contributed by atoms with Crippen LogP contribution in [0.15, 0.2) is 41.8 Å². The van der Waals surface area contributed by atoms with Gasteiger partial charge in [0.05, 0.1) is 24.8 Å². The van der Waals surface area contributed by atoms with Gasteiger partial charge in [-0.15, -0.1) is 11.3 Å². The lowest BCUT2D eigenvalue weighted by molar-refractivity contribution is -0.134. The highest BCUT2D eigenvalue weighted by atomic mass is 32.1. The molecule has 182 valence electrons. The molecule has 2 aromatic carbocycles. The van der Waals surface area contributed by atoms with Crippen molar-refractivity contribution >= 4 is 28.3 Å². The first kappa shape index (κ1) is 23.4. The van der Waals surface area contributed by atoms with Crippen LogP contribution in [0.2, 0.25) is 0 Å². The third-order valence-electron chi connectivity index (χ3n) is 6.08. The number of nitrogens with zero attached hydrogens (tertiary/aromatic N) is 2. The number of morpholine rings is 1. The molecule has 2 aliphatic rings. The Morgan fingerprint density at radius 2 is 2.00 bits per heavy atom. The Labute approximate surface area is 204 Å². The standard InChI is InChI=1S/C25H23F2N3O4S/c26-19-6-4-18(20-14-35-25(28-20)30-8-10-33-11-9-30)23(22(19)27)34-13-15-2-1-3-16(12-15)17-5-7-21(31)29-24(17)32/h1-4,6,12,14,17H,5,7-11,13H2,(H,29,31,32). The average Bonchev–Trinajstić information content (AvgIpc) is 3.36. The van der Waals surface area contributed by atoms with Crippen LogP contribution in [-0.4, -0.2) is 43.1 Å². The van der Waals surface area contributed by atoms with Gasteiger partial charge in [-0.3, -0.25) is 14.9 Å². The van der Waals surface area contributed by atoms with Gasteiger partial charge < -0.3 is 14.4 Å². The number of piperidine rings is 1. The minimum absolute atomic E-state index is 0.0328. The van der Waals surface area contributed by atoms with Gasteiger partial charge in [-0.25, -0.2) is 9.37 Å². The van der Waals surface area contributed by atoms with Crippen LogP contribution in [0.4, 0.5) is 13.9 Å². The molecule has 3 heterocycles. The summed E-state index contributed by atoms with van der Waals surface area (Å²) >= 11 is 1.43. The summed E-state index contributed by atoms with van der Waals surface area (Å²) in [5, 5.41) is 4.94. The number of ether oxygens (including phenoxy) is 2. The number of hydrogen-bond donors (Lipinski definition) is 1. The Kier molecular flexibility index (Phi) is 6.74. The summed E-state index contributed by atoms with van der Waals surface area (Å²) in [6, 6.07) is 9.68. The van der Waals surface area contributed by atoms with E-state index in [1.807, 2.05) is 0 Å². The van der Waals surface area contributed by atoms with Crippen molar-refractivity contribution in [3.8, 4) is 17.0 Å². The molecule has 2 amide bonds. The highest BCUT2D eigenvalue weighted by Gasteiger charge is 2.28. The van der Waals surface area contributed by atoms with Crippen molar-refractivity contribution in [2.75, 3.05) is 31.2 Å². The van der Waals surface area contributed by atoms with Crippen molar-refractivity contribution < 1.29 is 27.8 Å². The Balaban J connectivity index is 1.37. The number of nitrogens with one attached hydrogen (secondary N) is 1. The molecule has 2 saturated heterocycles. The monoisotopic (exact) mass is 499 g/mol. The van der Waals surface area contributed by atoms with Gasteiger partial charge in [0.25, 0.3) is 0 Å². The van der Waals surface area contributed by atoms with Crippen molar-refractivity contribution in [1.29, 1.82) is 0 Å². The number of imide groups is 1. The van der Waals surface area contributed by atoms with E-state index in [9.17, 15) is 18.4 Å². The topological polar surface area (TPSA) is 80.8 Å². The summed E-state index contributed by atoms with van der Waals surface area (Å²) in [6.45, 7) is 2.64. The van der Waals surface area contributed by atoms with E-state index < -0.39 is 17.6 Å². The highest BCUT2D eigenvalue weighted by molar-refractivity contribution is 7.14. The number of halogens is 2. The first-order valence-electron chi connectivity index (χ1n) is 11.3. The third kappa shape index (κ3) is 5.03. The Morgan fingerprint density at radius 1 is 1.17 bits per heavy atom. The molecule has 7 nitrogen and oxygen atoms in total. The van der Waals surface area contributed by atoms with Crippen LogP contribution in [0.3, 0.4) is 0 Å². The maximum Gasteiger partial charge on any atom is 0.234 e. The van der Waals surface area contributed by atoms with E-state index in [0.717, 1.165) is 29.9 Å². The average molecular weight is 500 g/mol. The molecule has 0 radical (unpaired) electrons. The van der Waals surface area contributed by atoms with Crippen molar-refractivity contribution in [3.63, 3.8) is 0 Å². The zero-order valence-corrected chi connectivity index (χ0v) is 19.6. The van der Waals surface area contributed by atoms with E-state index in [4.69, 9.17) is 9.47 Å². The van der Waals surface area contributed by atoms with E-state index in [0.29, 0.717) is 36.5 Å². The third-order valence-corrected chi connectivity index (χ3v) is 6.98. The zero-order chi connectivity index (χ0) is 24.4. The summed E-state index contributed by atoms with van der Waals surface area (Å²) in [6.07, 6.45) is 0.696. The van der Waals surface area contributed by atoms with Gasteiger partial charge in [0.15, 0.2) is 16.7 Å². The van der Waals surface area contributed by atoms with E-state index in [2.05, 4.69) is 15.2 Å². The maximum absolute atomic E-state index is 14.8. The van der Waals surface area contributed by atoms with E-state index in [-0.39, 0.29) is 30.6 Å². The second-order valence-corrected chi connectivity index (χ2v) is 9.23. The summed E-state index contributed by atoms with van der Waals surface area (Å²) in [7, 11) is 0. The number of carbonyl (C=O) groups excluding carboxylic acids is 2. The number of rotatable bonds is 6. The predicted octanol–water partition coefficient (Wildman–Crippen LogP) is 4.02. The molecule has 0 aliphatic carbocycles. The lowest BCUT2D eigenvalue weighted by atomic mass is 9.90. The van der Waals surface area contributed by atoms with Crippen LogP contribution >= 0.6 is 11.3 Å². The molecular weight excluding hydrogens is 476 g/mol.